The second-order valence-electron chi connectivity index (χ2n) is 5.43. The van der Waals surface area contributed by atoms with Gasteiger partial charge in [-0.2, -0.15) is 0 Å². The van der Waals surface area contributed by atoms with Gasteiger partial charge < -0.3 is 9.84 Å². The van der Waals surface area contributed by atoms with Crippen LogP contribution < -0.4 is 0 Å². The molecule has 0 heterocycles. The third kappa shape index (κ3) is 2.22. The van der Waals surface area contributed by atoms with Crippen molar-refractivity contribution in [2.45, 2.75) is 13.0 Å². The van der Waals surface area contributed by atoms with Crippen molar-refractivity contribution in [3.05, 3.63) is 48.0 Å². The van der Waals surface area contributed by atoms with E-state index in [0.29, 0.717) is 0 Å². The quantitative estimate of drug-likeness (QED) is 0.674. The van der Waals surface area contributed by atoms with Crippen LogP contribution in [-0.4, -0.2) is 17.0 Å². The molecule has 3 rings (SSSR count). The van der Waals surface area contributed by atoms with E-state index in [1.807, 2.05) is 42.5 Å². The SMILES string of the molecule is O=C(O)[C@@H]1[C@H](C(=O)OCc2ccccc2)[C@@H]2C=C[C@@H]1C2. The van der Waals surface area contributed by atoms with Crippen LogP contribution >= 0.6 is 0 Å². The number of aliphatic carboxylic acids is 1. The van der Waals surface area contributed by atoms with Crippen LogP contribution in [0.25, 0.3) is 0 Å². The molecule has 4 nitrogen and oxygen atoms in total. The normalized spacial score (nSPS) is 30.4. The van der Waals surface area contributed by atoms with Crippen LogP contribution in [-0.2, 0) is 20.9 Å². The summed E-state index contributed by atoms with van der Waals surface area (Å²) in [5, 5.41) is 9.30. The van der Waals surface area contributed by atoms with E-state index in [-0.39, 0.29) is 18.4 Å². The maximum Gasteiger partial charge on any atom is 0.310 e. The summed E-state index contributed by atoms with van der Waals surface area (Å²) in [5.41, 5.74) is 0.909. The highest BCUT2D eigenvalue weighted by atomic mass is 16.5. The Hall–Kier alpha value is -2.10. The molecule has 0 spiro atoms. The van der Waals surface area contributed by atoms with Crippen molar-refractivity contribution in [2.24, 2.45) is 23.7 Å². The summed E-state index contributed by atoms with van der Waals surface area (Å²) in [4.78, 5) is 23.5. The molecule has 2 aliphatic rings. The Morgan fingerprint density at radius 3 is 2.40 bits per heavy atom. The highest BCUT2D eigenvalue weighted by molar-refractivity contribution is 5.83. The molecular weight excluding hydrogens is 256 g/mol. The molecule has 4 heteroatoms. The average molecular weight is 272 g/mol. The summed E-state index contributed by atoms with van der Waals surface area (Å²) >= 11 is 0. The number of hydrogen-bond donors (Lipinski definition) is 1. The number of ether oxygens (including phenoxy) is 1. The molecule has 0 unspecified atom stereocenters. The summed E-state index contributed by atoms with van der Waals surface area (Å²) < 4.78 is 5.31. The van der Waals surface area contributed by atoms with Gasteiger partial charge in [-0.15, -0.1) is 0 Å². The first-order chi connectivity index (χ1) is 9.66. The van der Waals surface area contributed by atoms with Gasteiger partial charge in [0.05, 0.1) is 11.8 Å². The number of benzene rings is 1. The van der Waals surface area contributed by atoms with E-state index < -0.39 is 23.8 Å². The van der Waals surface area contributed by atoms with Crippen LogP contribution in [0.4, 0.5) is 0 Å². The van der Waals surface area contributed by atoms with Gasteiger partial charge in [0.1, 0.15) is 6.61 Å². The van der Waals surface area contributed by atoms with Crippen molar-refractivity contribution < 1.29 is 19.4 Å². The number of esters is 1. The fourth-order valence-corrected chi connectivity index (χ4v) is 3.31. The van der Waals surface area contributed by atoms with Gasteiger partial charge in [-0.05, 0) is 23.8 Å². The van der Waals surface area contributed by atoms with E-state index >= 15 is 0 Å². The van der Waals surface area contributed by atoms with Crippen molar-refractivity contribution >= 4 is 11.9 Å². The van der Waals surface area contributed by atoms with E-state index in [2.05, 4.69) is 0 Å². The predicted octanol–water partition coefficient (Wildman–Crippen LogP) is 2.25. The third-order valence-electron chi connectivity index (χ3n) is 4.24. The molecule has 20 heavy (non-hydrogen) atoms. The molecule has 0 radical (unpaired) electrons. The first kappa shape index (κ1) is 12.9. The second kappa shape index (κ2) is 5.12. The van der Waals surface area contributed by atoms with Gasteiger partial charge in [-0.25, -0.2) is 0 Å². The minimum Gasteiger partial charge on any atom is -0.481 e. The molecule has 2 aliphatic carbocycles. The van der Waals surface area contributed by atoms with Gasteiger partial charge >= 0.3 is 11.9 Å². The third-order valence-corrected chi connectivity index (χ3v) is 4.24. The van der Waals surface area contributed by atoms with Gasteiger partial charge in [-0.1, -0.05) is 42.5 Å². The standard InChI is InChI=1S/C16H16O4/c17-15(18)13-11-6-7-12(8-11)14(13)16(19)20-9-10-4-2-1-3-5-10/h1-7,11-14H,8-9H2,(H,17,18)/t11-,12-,13+,14-/m1/s1. The summed E-state index contributed by atoms with van der Waals surface area (Å²) in [7, 11) is 0. The van der Waals surface area contributed by atoms with Crippen LogP contribution in [0.3, 0.4) is 0 Å². The largest absolute Gasteiger partial charge is 0.481 e. The van der Waals surface area contributed by atoms with Crippen LogP contribution in [0.5, 0.6) is 0 Å². The lowest BCUT2D eigenvalue weighted by Gasteiger charge is -2.23. The molecule has 2 bridgehead atoms. The molecule has 1 fully saturated rings. The lowest BCUT2D eigenvalue weighted by Crippen LogP contribution is -2.34. The first-order valence-electron chi connectivity index (χ1n) is 6.78. The minimum atomic E-state index is -0.900. The Bertz CT molecular complexity index is 549. The fourth-order valence-electron chi connectivity index (χ4n) is 3.31. The Kier molecular flexibility index (Phi) is 3.30. The molecule has 1 saturated carbocycles. The number of carboxylic acids is 1. The molecular formula is C16H16O4. The Balaban J connectivity index is 1.68. The number of hydrogen-bond acceptors (Lipinski definition) is 3. The number of fused-ring (bicyclic) bond motifs is 2. The maximum absolute atomic E-state index is 12.2. The number of allylic oxidation sites excluding steroid dienone is 2. The molecule has 104 valence electrons. The number of carbonyl (C=O) groups is 2. The van der Waals surface area contributed by atoms with E-state index in [1.165, 1.54) is 0 Å². The molecule has 1 aromatic carbocycles. The zero-order chi connectivity index (χ0) is 14.1. The monoisotopic (exact) mass is 272 g/mol. The topological polar surface area (TPSA) is 63.6 Å². The molecule has 0 amide bonds. The Morgan fingerprint density at radius 2 is 1.75 bits per heavy atom. The van der Waals surface area contributed by atoms with Crippen LogP contribution in [0, 0.1) is 23.7 Å². The lowest BCUT2D eigenvalue weighted by atomic mass is 9.83. The van der Waals surface area contributed by atoms with Crippen LogP contribution in [0.2, 0.25) is 0 Å². The zero-order valence-electron chi connectivity index (χ0n) is 10.9. The fraction of sp³-hybridized carbons (Fsp3) is 0.375. The van der Waals surface area contributed by atoms with E-state index in [1.54, 1.807) is 0 Å². The van der Waals surface area contributed by atoms with Crippen molar-refractivity contribution in [3.63, 3.8) is 0 Å². The number of carboxylic acid groups (broad SMARTS) is 1. The van der Waals surface area contributed by atoms with Gasteiger partial charge in [0.2, 0.25) is 0 Å². The molecule has 0 aromatic heterocycles. The van der Waals surface area contributed by atoms with Gasteiger partial charge in [0.25, 0.3) is 0 Å². The highest BCUT2D eigenvalue weighted by Gasteiger charge is 2.52. The van der Waals surface area contributed by atoms with E-state index in [9.17, 15) is 14.7 Å². The molecule has 0 aliphatic heterocycles. The molecule has 4 atom stereocenters. The van der Waals surface area contributed by atoms with Crippen LogP contribution in [0.15, 0.2) is 42.5 Å². The number of rotatable bonds is 4. The first-order valence-corrected chi connectivity index (χ1v) is 6.78. The second-order valence-corrected chi connectivity index (χ2v) is 5.43. The minimum absolute atomic E-state index is 0.0179. The molecule has 1 N–H and O–H groups in total. The zero-order valence-corrected chi connectivity index (χ0v) is 10.9. The summed E-state index contributed by atoms with van der Waals surface area (Å²) in [5.74, 6) is -2.46. The number of carbonyl (C=O) groups excluding carboxylic acids is 1. The Morgan fingerprint density at radius 1 is 1.10 bits per heavy atom. The van der Waals surface area contributed by atoms with Crippen LogP contribution in [0.1, 0.15) is 12.0 Å². The van der Waals surface area contributed by atoms with Crippen molar-refractivity contribution in [2.75, 3.05) is 0 Å². The van der Waals surface area contributed by atoms with Crippen molar-refractivity contribution in [3.8, 4) is 0 Å². The van der Waals surface area contributed by atoms with Crippen molar-refractivity contribution in [1.82, 2.24) is 0 Å². The predicted molar refractivity (Wildman–Crippen MR) is 71.6 cm³/mol. The van der Waals surface area contributed by atoms with Gasteiger partial charge in [-0.3, -0.25) is 9.59 Å². The Labute approximate surface area is 117 Å². The molecule has 1 aromatic rings. The summed E-state index contributed by atoms with van der Waals surface area (Å²) in [6.45, 7) is 0.198. The van der Waals surface area contributed by atoms with Crippen molar-refractivity contribution in [1.29, 1.82) is 0 Å². The van der Waals surface area contributed by atoms with E-state index in [0.717, 1.165) is 12.0 Å². The lowest BCUT2D eigenvalue weighted by molar-refractivity contribution is -0.159. The average Bonchev–Trinajstić information content (AvgIpc) is 3.06. The smallest absolute Gasteiger partial charge is 0.310 e. The van der Waals surface area contributed by atoms with E-state index in [4.69, 9.17) is 4.74 Å². The van der Waals surface area contributed by atoms with Gasteiger partial charge in [0, 0.05) is 0 Å². The summed E-state index contributed by atoms with van der Waals surface area (Å²) in [6, 6.07) is 9.41. The van der Waals surface area contributed by atoms with Gasteiger partial charge in [0.15, 0.2) is 0 Å². The maximum atomic E-state index is 12.2. The molecule has 0 saturated heterocycles. The highest BCUT2D eigenvalue weighted by Crippen LogP contribution is 2.48. The summed E-state index contributed by atoms with van der Waals surface area (Å²) in [6.07, 6.45) is 4.63.